The molecular weight excluding hydrogens is 234 g/mol. The SMILES string of the molecule is Cc1ccc(NCCCNC(C)C2CCCC2)nc1. The van der Waals surface area contributed by atoms with Crippen LogP contribution >= 0.6 is 0 Å². The highest BCUT2D eigenvalue weighted by Crippen LogP contribution is 2.27. The van der Waals surface area contributed by atoms with E-state index in [9.17, 15) is 0 Å². The van der Waals surface area contributed by atoms with Crippen molar-refractivity contribution in [2.24, 2.45) is 5.92 Å². The second-order valence-electron chi connectivity index (χ2n) is 5.79. The Kier molecular flexibility index (Phi) is 5.64. The molecule has 19 heavy (non-hydrogen) atoms. The summed E-state index contributed by atoms with van der Waals surface area (Å²) < 4.78 is 0. The molecule has 2 N–H and O–H groups in total. The number of hydrogen-bond acceptors (Lipinski definition) is 3. The van der Waals surface area contributed by atoms with Crippen LogP contribution in [0.1, 0.15) is 44.6 Å². The minimum absolute atomic E-state index is 0.681. The first-order valence-electron chi connectivity index (χ1n) is 7.65. The monoisotopic (exact) mass is 261 g/mol. The van der Waals surface area contributed by atoms with Crippen LogP contribution in [-0.2, 0) is 0 Å². The van der Waals surface area contributed by atoms with E-state index in [4.69, 9.17) is 0 Å². The molecule has 0 saturated heterocycles. The number of nitrogens with one attached hydrogen (secondary N) is 2. The van der Waals surface area contributed by atoms with E-state index in [-0.39, 0.29) is 0 Å². The van der Waals surface area contributed by atoms with Gasteiger partial charge < -0.3 is 10.6 Å². The van der Waals surface area contributed by atoms with Crippen LogP contribution in [0.2, 0.25) is 0 Å². The Hall–Kier alpha value is -1.09. The molecule has 1 aliphatic carbocycles. The van der Waals surface area contributed by atoms with Crippen LogP contribution in [0.15, 0.2) is 18.3 Å². The zero-order valence-corrected chi connectivity index (χ0v) is 12.3. The van der Waals surface area contributed by atoms with E-state index in [2.05, 4.69) is 35.5 Å². The van der Waals surface area contributed by atoms with Crippen LogP contribution in [0.3, 0.4) is 0 Å². The summed E-state index contributed by atoms with van der Waals surface area (Å²) in [5, 5.41) is 7.02. The molecule has 1 saturated carbocycles. The van der Waals surface area contributed by atoms with Gasteiger partial charge >= 0.3 is 0 Å². The molecule has 1 atom stereocenters. The first-order valence-corrected chi connectivity index (χ1v) is 7.65. The van der Waals surface area contributed by atoms with E-state index < -0.39 is 0 Å². The van der Waals surface area contributed by atoms with Gasteiger partial charge in [-0.3, -0.25) is 0 Å². The molecule has 0 spiro atoms. The van der Waals surface area contributed by atoms with E-state index in [0.29, 0.717) is 6.04 Å². The Balaban J connectivity index is 1.55. The summed E-state index contributed by atoms with van der Waals surface area (Å²) in [5.41, 5.74) is 1.21. The number of hydrogen-bond donors (Lipinski definition) is 2. The van der Waals surface area contributed by atoms with Gasteiger partial charge in [-0.2, -0.15) is 0 Å². The first kappa shape index (κ1) is 14.3. The lowest BCUT2D eigenvalue weighted by Gasteiger charge is -2.20. The van der Waals surface area contributed by atoms with Crippen molar-refractivity contribution in [2.45, 2.75) is 52.0 Å². The molecule has 106 valence electrons. The van der Waals surface area contributed by atoms with Crippen LogP contribution in [-0.4, -0.2) is 24.1 Å². The van der Waals surface area contributed by atoms with Gasteiger partial charge in [-0.1, -0.05) is 18.9 Å². The number of aromatic nitrogens is 1. The maximum atomic E-state index is 4.34. The Labute approximate surface area is 117 Å². The highest BCUT2D eigenvalue weighted by atomic mass is 15.0. The highest BCUT2D eigenvalue weighted by Gasteiger charge is 2.20. The Morgan fingerprint density at radius 1 is 1.26 bits per heavy atom. The van der Waals surface area contributed by atoms with Crippen molar-refractivity contribution >= 4 is 5.82 Å². The van der Waals surface area contributed by atoms with Gasteiger partial charge in [-0.25, -0.2) is 4.98 Å². The van der Waals surface area contributed by atoms with Gasteiger partial charge in [0.2, 0.25) is 0 Å². The third kappa shape index (κ3) is 4.83. The van der Waals surface area contributed by atoms with Crippen LogP contribution in [0, 0.1) is 12.8 Å². The van der Waals surface area contributed by atoms with Gasteiger partial charge in [0.05, 0.1) is 0 Å². The molecule has 1 heterocycles. The van der Waals surface area contributed by atoms with Crippen molar-refractivity contribution in [3.8, 4) is 0 Å². The summed E-state index contributed by atoms with van der Waals surface area (Å²) in [4.78, 5) is 4.34. The number of rotatable bonds is 7. The van der Waals surface area contributed by atoms with Gasteiger partial charge in [-0.05, 0) is 57.2 Å². The molecule has 1 fully saturated rings. The van der Waals surface area contributed by atoms with Gasteiger partial charge in [-0.15, -0.1) is 0 Å². The molecule has 2 rings (SSSR count). The van der Waals surface area contributed by atoms with E-state index in [0.717, 1.165) is 31.2 Å². The molecule has 0 radical (unpaired) electrons. The quantitative estimate of drug-likeness (QED) is 0.739. The molecule has 3 nitrogen and oxygen atoms in total. The average Bonchev–Trinajstić information content (AvgIpc) is 2.94. The first-order chi connectivity index (χ1) is 9.25. The molecule has 1 aromatic rings. The van der Waals surface area contributed by atoms with Crippen molar-refractivity contribution in [1.82, 2.24) is 10.3 Å². The standard InChI is InChI=1S/C16H27N3/c1-13-8-9-16(19-12-13)18-11-5-10-17-14(2)15-6-3-4-7-15/h8-9,12,14-15,17H,3-7,10-11H2,1-2H3,(H,18,19). The summed E-state index contributed by atoms with van der Waals surface area (Å²) in [7, 11) is 0. The molecule has 3 heteroatoms. The lowest BCUT2D eigenvalue weighted by Crippen LogP contribution is -2.33. The van der Waals surface area contributed by atoms with E-state index in [1.807, 2.05) is 12.3 Å². The van der Waals surface area contributed by atoms with Crippen molar-refractivity contribution in [1.29, 1.82) is 0 Å². The Bertz CT molecular complexity index is 355. The molecule has 0 bridgehead atoms. The van der Waals surface area contributed by atoms with Crippen LogP contribution in [0.25, 0.3) is 0 Å². The largest absolute Gasteiger partial charge is 0.370 e. The van der Waals surface area contributed by atoms with Crippen LogP contribution in [0.5, 0.6) is 0 Å². The lowest BCUT2D eigenvalue weighted by atomic mass is 10.00. The van der Waals surface area contributed by atoms with E-state index >= 15 is 0 Å². The third-order valence-electron chi connectivity index (χ3n) is 4.14. The second kappa shape index (κ2) is 7.49. The molecule has 0 aliphatic heterocycles. The predicted octanol–water partition coefficient (Wildman–Crippen LogP) is 3.36. The molecule has 1 aromatic heterocycles. The summed E-state index contributed by atoms with van der Waals surface area (Å²) in [6.45, 7) is 6.48. The third-order valence-corrected chi connectivity index (χ3v) is 4.14. The summed E-state index contributed by atoms with van der Waals surface area (Å²) in [6, 6.07) is 4.82. The topological polar surface area (TPSA) is 37.0 Å². The normalized spacial score (nSPS) is 17.6. The highest BCUT2D eigenvalue weighted by molar-refractivity contribution is 5.34. The van der Waals surface area contributed by atoms with Gasteiger partial charge in [0.1, 0.15) is 5.82 Å². The Morgan fingerprint density at radius 3 is 2.74 bits per heavy atom. The number of pyridine rings is 1. The summed E-state index contributed by atoms with van der Waals surface area (Å²) in [5.74, 6) is 1.89. The summed E-state index contributed by atoms with van der Waals surface area (Å²) >= 11 is 0. The molecule has 0 amide bonds. The summed E-state index contributed by atoms with van der Waals surface area (Å²) in [6.07, 6.45) is 8.74. The fourth-order valence-corrected chi connectivity index (χ4v) is 2.83. The Morgan fingerprint density at radius 2 is 2.05 bits per heavy atom. The van der Waals surface area contributed by atoms with Crippen LogP contribution in [0.4, 0.5) is 5.82 Å². The minimum atomic E-state index is 0.681. The van der Waals surface area contributed by atoms with E-state index in [1.165, 1.54) is 31.2 Å². The maximum Gasteiger partial charge on any atom is 0.125 e. The fourth-order valence-electron chi connectivity index (χ4n) is 2.83. The molecule has 0 aromatic carbocycles. The van der Waals surface area contributed by atoms with Crippen molar-refractivity contribution in [3.05, 3.63) is 23.9 Å². The van der Waals surface area contributed by atoms with Gasteiger partial charge in [0.15, 0.2) is 0 Å². The van der Waals surface area contributed by atoms with Gasteiger partial charge in [0, 0.05) is 18.8 Å². The predicted molar refractivity (Wildman–Crippen MR) is 81.5 cm³/mol. The number of aryl methyl sites for hydroxylation is 1. The van der Waals surface area contributed by atoms with Crippen molar-refractivity contribution in [2.75, 3.05) is 18.4 Å². The second-order valence-corrected chi connectivity index (χ2v) is 5.79. The van der Waals surface area contributed by atoms with Gasteiger partial charge in [0.25, 0.3) is 0 Å². The molecule has 1 unspecified atom stereocenters. The zero-order valence-electron chi connectivity index (χ0n) is 12.3. The zero-order chi connectivity index (χ0) is 13.5. The van der Waals surface area contributed by atoms with E-state index in [1.54, 1.807) is 0 Å². The molecular formula is C16H27N3. The minimum Gasteiger partial charge on any atom is -0.370 e. The average molecular weight is 261 g/mol. The van der Waals surface area contributed by atoms with Crippen molar-refractivity contribution < 1.29 is 0 Å². The lowest BCUT2D eigenvalue weighted by molar-refractivity contribution is 0.382. The van der Waals surface area contributed by atoms with Crippen LogP contribution < -0.4 is 10.6 Å². The van der Waals surface area contributed by atoms with Crippen molar-refractivity contribution in [3.63, 3.8) is 0 Å². The maximum absolute atomic E-state index is 4.34. The number of nitrogens with zero attached hydrogens (tertiary/aromatic N) is 1. The molecule has 1 aliphatic rings. The number of anilines is 1. The fraction of sp³-hybridized carbons (Fsp3) is 0.688. The smallest absolute Gasteiger partial charge is 0.125 e.